The van der Waals surface area contributed by atoms with Crippen LogP contribution < -0.4 is 11.1 Å². The molecule has 0 spiro atoms. The minimum Gasteiger partial charge on any atom is -0.370 e. The van der Waals surface area contributed by atoms with Crippen molar-refractivity contribution in [3.05, 3.63) is 41.5 Å². The van der Waals surface area contributed by atoms with Crippen LogP contribution in [0.15, 0.2) is 29.3 Å². The number of guanidine groups is 1. The summed E-state index contributed by atoms with van der Waals surface area (Å²) >= 11 is 0. The van der Waals surface area contributed by atoms with Gasteiger partial charge in [0.05, 0.1) is 0 Å². The molecule has 0 bridgehead atoms. The van der Waals surface area contributed by atoms with E-state index in [0.717, 1.165) is 36.7 Å². The van der Waals surface area contributed by atoms with Gasteiger partial charge in [-0.25, -0.2) is 0 Å². The third-order valence-corrected chi connectivity index (χ3v) is 4.63. The summed E-state index contributed by atoms with van der Waals surface area (Å²) in [7, 11) is 0. The van der Waals surface area contributed by atoms with E-state index >= 15 is 0 Å². The molecule has 6 nitrogen and oxygen atoms in total. The van der Waals surface area contributed by atoms with Crippen LogP contribution in [-0.4, -0.2) is 27.3 Å². The van der Waals surface area contributed by atoms with Gasteiger partial charge in [0.1, 0.15) is 11.6 Å². The van der Waals surface area contributed by atoms with Gasteiger partial charge in [0, 0.05) is 31.6 Å². The number of fused-ring (bicyclic) bond motifs is 1. The quantitative estimate of drug-likeness (QED) is 0.647. The van der Waals surface area contributed by atoms with Crippen LogP contribution in [0.25, 0.3) is 0 Å². The summed E-state index contributed by atoms with van der Waals surface area (Å²) in [5.74, 6) is 3.07. The molecule has 3 N–H and O–H groups in total. The summed E-state index contributed by atoms with van der Waals surface area (Å²) in [5, 5.41) is 11.8. The lowest BCUT2D eigenvalue weighted by Gasteiger charge is -2.10. The first-order chi connectivity index (χ1) is 12.1. The lowest BCUT2D eigenvalue weighted by molar-refractivity contribution is 0.605. The molecule has 6 heteroatoms. The van der Waals surface area contributed by atoms with Crippen LogP contribution in [0.1, 0.15) is 56.2 Å². The molecule has 0 atom stereocenters. The fraction of sp³-hybridized carbons (Fsp3) is 0.526. The summed E-state index contributed by atoms with van der Waals surface area (Å²) < 4.78 is 2.26. The van der Waals surface area contributed by atoms with Crippen molar-refractivity contribution in [3.8, 4) is 0 Å². The van der Waals surface area contributed by atoms with Crippen molar-refractivity contribution in [2.24, 2.45) is 10.7 Å². The Labute approximate surface area is 149 Å². The fourth-order valence-electron chi connectivity index (χ4n) is 3.17. The minimum absolute atomic E-state index is 0.441. The lowest BCUT2D eigenvalue weighted by atomic mass is 10.0. The third kappa shape index (κ3) is 4.59. The zero-order chi connectivity index (χ0) is 17.6. The smallest absolute Gasteiger partial charge is 0.193 e. The minimum atomic E-state index is 0.441. The molecule has 0 saturated heterocycles. The third-order valence-electron chi connectivity index (χ3n) is 4.63. The lowest BCUT2D eigenvalue weighted by Crippen LogP contribution is -2.23. The highest BCUT2D eigenvalue weighted by molar-refractivity contribution is 5.92. The van der Waals surface area contributed by atoms with Crippen LogP contribution >= 0.6 is 0 Å². The molecule has 0 unspecified atom stereocenters. The molecular weight excluding hydrogens is 312 g/mol. The van der Waals surface area contributed by atoms with Crippen molar-refractivity contribution >= 4 is 11.6 Å². The van der Waals surface area contributed by atoms with Gasteiger partial charge >= 0.3 is 0 Å². The SMILES string of the molecule is CC(C)c1cccc(NC(N)=NCCc2nnc3n2CCCCC3)c1. The number of aryl methyl sites for hydroxylation is 1. The van der Waals surface area contributed by atoms with E-state index < -0.39 is 0 Å². The predicted octanol–water partition coefficient (Wildman–Crippen LogP) is 3.10. The van der Waals surface area contributed by atoms with Gasteiger partial charge in [-0.15, -0.1) is 10.2 Å². The van der Waals surface area contributed by atoms with E-state index in [4.69, 9.17) is 5.73 Å². The summed E-state index contributed by atoms with van der Waals surface area (Å²) in [6.45, 7) is 5.99. The largest absolute Gasteiger partial charge is 0.370 e. The molecule has 134 valence electrons. The molecule has 1 aliphatic heterocycles. The standard InChI is InChI=1S/C19H28N6/c1-14(2)15-7-6-8-16(13-15)22-19(20)21-11-10-18-24-23-17-9-4-3-5-12-25(17)18/h6-8,13-14H,3-5,9-12H2,1-2H3,(H3,20,21,22). The molecule has 1 aliphatic rings. The molecule has 0 aliphatic carbocycles. The van der Waals surface area contributed by atoms with Crippen molar-refractivity contribution in [1.29, 1.82) is 0 Å². The highest BCUT2D eigenvalue weighted by Crippen LogP contribution is 2.18. The first-order valence-corrected chi connectivity index (χ1v) is 9.21. The van der Waals surface area contributed by atoms with Gasteiger partial charge in [0.2, 0.25) is 0 Å². The molecule has 25 heavy (non-hydrogen) atoms. The number of nitrogens with two attached hydrogens (primary N) is 1. The number of nitrogens with zero attached hydrogens (tertiary/aromatic N) is 4. The molecule has 3 rings (SSSR count). The first kappa shape index (κ1) is 17.5. The molecule has 0 radical (unpaired) electrons. The highest BCUT2D eigenvalue weighted by atomic mass is 15.3. The Kier molecular flexibility index (Phi) is 5.68. The summed E-state index contributed by atoms with van der Waals surface area (Å²) in [6, 6.07) is 8.29. The normalized spacial score (nSPS) is 15.1. The average Bonchev–Trinajstić information content (AvgIpc) is 2.82. The molecule has 0 amide bonds. The highest BCUT2D eigenvalue weighted by Gasteiger charge is 2.14. The van der Waals surface area contributed by atoms with Crippen molar-refractivity contribution < 1.29 is 0 Å². The summed E-state index contributed by atoms with van der Waals surface area (Å²) in [4.78, 5) is 4.44. The second kappa shape index (κ2) is 8.14. The Hall–Kier alpha value is -2.37. The second-order valence-corrected chi connectivity index (χ2v) is 6.92. The number of hydrogen-bond acceptors (Lipinski definition) is 3. The van der Waals surface area contributed by atoms with E-state index in [0.29, 0.717) is 18.4 Å². The van der Waals surface area contributed by atoms with E-state index in [9.17, 15) is 0 Å². The van der Waals surface area contributed by atoms with E-state index in [1.807, 2.05) is 12.1 Å². The number of anilines is 1. The number of nitrogens with one attached hydrogen (secondary N) is 1. The van der Waals surface area contributed by atoms with Crippen LogP contribution in [0.5, 0.6) is 0 Å². The van der Waals surface area contributed by atoms with Gasteiger partial charge in [0.15, 0.2) is 5.96 Å². The van der Waals surface area contributed by atoms with E-state index in [1.54, 1.807) is 0 Å². The maximum atomic E-state index is 6.03. The molecule has 2 heterocycles. The van der Waals surface area contributed by atoms with E-state index in [1.165, 1.54) is 24.8 Å². The molecule has 0 saturated carbocycles. The van der Waals surface area contributed by atoms with Gasteiger partial charge < -0.3 is 15.6 Å². The maximum absolute atomic E-state index is 6.03. The van der Waals surface area contributed by atoms with Gasteiger partial charge in [0.25, 0.3) is 0 Å². The average molecular weight is 340 g/mol. The number of hydrogen-bond donors (Lipinski definition) is 2. The Morgan fingerprint density at radius 3 is 3.00 bits per heavy atom. The van der Waals surface area contributed by atoms with Crippen molar-refractivity contribution in [3.63, 3.8) is 0 Å². The number of aromatic nitrogens is 3. The Morgan fingerprint density at radius 2 is 2.16 bits per heavy atom. The Balaban J connectivity index is 1.57. The van der Waals surface area contributed by atoms with Gasteiger partial charge in [-0.3, -0.25) is 4.99 Å². The molecule has 2 aromatic rings. The van der Waals surface area contributed by atoms with Gasteiger partial charge in [-0.05, 0) is 36.5 Å². The maximum Gasteiger partial charge on any atom is 0.193 e. The van der Waals surface area contributed by atoms with Crippen LogP contribution in [0, 0.1) is 0 Å². The monoisotopic (exact) mass is 340 g/mol. The molecule has 1 aromatic heterocycles. The zero-order valence-electron chi connectivity index (χ0n) is 15.2. The topological polar surface area (TPSA) is 81.1 Å². The Morgan fingerprint density at radius 1 is 1.28 bits per heavy atom. The van der Waals surface area contributed by atoms with Crippen LogP contribution in [-0.2, 0) is 19.4 Å². The van der Waals surface area contributed by atoms with Crippen molar-refractivity contribution in [2.75, 3.05) is 11.9 Å². The van der Waals surface area contributed by atoms with Crippen LogP contribution in [0.2, 0.25) is 0 Å². The Bertz CT molecular complexity index is 731. The predicted molar refractivity (Wildman–Crippen MR) is 102 cm³/mol. The van der Waals surface area contributed by atoms with Crippen molar-refractivity contribution in [1.82, 2.24) is 14.8 Å². The first-order valence-electron chi connectivity index (χ1n) is 9.21. The molecular formula is C19H28N6. The summed E-state index contributed by atoms with van der Waals surface area (Å²) in [6.07, 6.45) is 5.49. The van der Waals surface area contributed by atoms with Gasteiger partial charge in [-0.1, -0.05) is 32.4 Å². The number of benzene rings is 1. The second-order valence-electron chi connectivity index (χ2n) is 6.92. The number of aliphatic imine (C=N–C) groups is 1. The molecule has 0 fully saturated rings. The summed E-state index contributed by atoms with van der Waals surface area (Å²) in [5.41, 5.74) is 8.29. The van der Waals surface area contributed by atoms with Crippen LogP contribution in [0.4, 0.5) is 5.69 Å². The number of rotatable bonds is 5. The van der Waals surface area contributed by atoms with Crippen molar-refractivity contribution in [2.45, 2.75) is 58.4 Å². The van der Waals surface area contributed by atoms with Crippen LogP contribution in [0.3, 0.4) is 0 Å². The van der Waals surface area contributed by atoms with E-state index in [-0.39, 0.29) is 0 Å². The molecule has 1 aromatic carbocycles. The van der Waals surface area contributed by atoms with E-state index in [2.05, 4.69) is 51.1 Å². The fourth-order valence-corrected chi connectivity index (χ4v) is 3.17. The zero-order valence-corrected chi connectivity index (χ0v) is 15.2. The van der Waals surface area contributed by atoms with Gasteiger partial charge in [-0.2, -0.15) is 0 Å².